The van der Waals surface area contributed by atoms with Crippen molar-refractivity contribution in [2.24, 2.45) is 0 Å². The first-order valence-electron chi connectivity index (χ1n) is 3.30. The lowest BCUT2D eigenvalue weighted by Crippen LogP contribution is -2.33. The summed E-state index contributed by atoms with van der Waals surface area (Å²) in [6.45, 7) is 1.64. The maximum absolute atomic E-state index is 10.6. The van der Waals surface area contributed by atoms with Crippen molar-refractivity contribution < 1.29 is 27.2 Å². The van der Waals surface area contributed by atoms with Crippen LogP contribution in [0, 0.1) is 0 Å². The molecule has 0 heterocycles. The molecular formula is C5H11NO6S. The average Bonchev–Trinajstić information content (AvgIpc) is 1.81. The summed E-state index contributed by atoms with van der Waals surface area (Å²) in [5.74, 6) is 0. The molecule has 0 aromatic carbocycles. The molecular weight excluding hydrogens is 202 g/mol. The van der Waals surface area contributed by atoms with E-state index in [-0.39, 0.29) is 6.61 Å². The summed E-state index contributed by atoms with van der Waals surface area (Å²) in [4.78, 5) is 10.6. The van der Waals surface area contributed by atoms with E-state index in [2.05, 4.69) is 9.47 Å². The number of carbonyl (C=O) groups is 1. The Kier molecular flexibility index (Phi) is 4.67. The quantitative estimate of drug-likeness (QED) is 0.613. The van der Waals surface area contributed by atoms with Gasteiger partial charge in [-0.05, 0) is 6.92 Å². The molecule has 0 aromatic rings. The minimum absolute atomic E-state index is 0.138. The van der Waals surface area contributed by atoms with Crippen LogP contribution in [0.2, 0.25) is 0 Å². The third-order valence-electron chi connectivity index (χ3n) is 0.922. The lowest BCUT2D eigenvalue weighted by molar-refractivity contribution is 0.0517. The summed E-state index contributed by atoms with van der Waals surface area (Å²) in [6, 6.07) is 0. The Morgan fingerprint density at radius 1 is 1.62 bits per heavy atom. The number of nitrogens with one attached hydrogen (secondary N) is 1. The van der Waals surface area contributed by atoms with Crippen LogP contribution in [-0.4, -0.2) is 38.9 Å². The van der Waals surface area contributed by atoms with Gasteiger partial charge in [-0.3, -0.25) is 4.55 Å². The van der Waals surface area contributed by atoms with Gasteiger partial charge in [-0.25, -0.2) is 4.79 Å². The van der Waals surface area contributed by atoms with Crippen LogP contribution in [0.5, 0.6) is 0 Å². The molecule has 1 amide bonds. The predicted molar refractivity (Wildman–Crippen MR) is 42.5 cm³/mol. The first-order chi connectivity index (χ1) is 5.85. The molecule has 0 saturated heterocycles. The molecule has 78 valence electrons. The van der Waals surface area contributed by atoms with E-state index in [0.717, 1.165) is 0 Å². The molecule has 0 saturated carbocycles. The molecule has 0 aliphatic rings. The molecule has 0 bridgehead atoms. The van der Waals surface area contributed by atoms with Crippen LogP contribution in [0.15, 0.2) is 0 Å². The fourth-order valence-corrected chi connectivity index (χ4v) is 0.840. The minimum atomic E-state index is -4.55. The van der Waals surface area contributed by atoms with E-state index in [1.165, 1.54) is 18.8 Å². The van der Waals surface area contributed by atoms with Crippen molar-refractivity contribution in [2.75, 3.05) is 13.7 Å². The molecule has 7 nitrogen and oxygen atoms in total. The first kappa shape index (κ1) is 12.1. The number of hydrogen-bond acceptors (Lipinski definition) is 5. The van der Waals surface area contributed by atoms with Gasteiger partial charge in [-0.2, -0.15) is 13.1 Å². The van der Waals surface area contributed by atoms with E-state index >= 15 is 0 Å². The summed E-state index contributed by atoms with van der Waals surface area (Å²) in [6.07, 6.45) is -1.83. The average molecular weight is 213 g/mol. The Morgan fingerprint density at radius 2 is 2.15 bits per heavy atom. The number of ether oxygens (including phenoxy) is 2. The van der Waals surface area contributed by atoms with Gasteiger partial charge < -0.3 is 9.47 Å². The van der Waals surface area contributed by atoms with Crippen molar-refractivity contribution in [3.8, 4) is 0 Å². The third kappa shape index (κ3) is 7.50. The number of methoxy groups -OCH3 is 1. The monoisotopic (exact) mass is 213 g/mol. The van der Waals surface area contributed by atoms with Crippen LogP contribution in [0.1, 0.15) is 6.92 Å². The zero-order valence-corrected chi connectivity index (χ0v) is 8.00. The van der Waals surface area contributed by atoms with Gasteiger partial charge in [-0.1, -0.05) is 0 Å². The first-order valence-corrected chi connectivity index (χ1v) is 4.74. The molecule has 8 heteroatoms. The Balaban J connectivity index is 3.88. The molecule has 0 fully saturated rings. The molecule has 0 radical (unpaired) electrons. The van der Waals surface area contributed by atoms with Crippen LogP contribution in [0.3, 0.4) is 0 Å². The zero-order valence-electron chi connectivity index (χ0n) is 7.18. The zero-order chi connectivity index (χ0) is 10.5. The van der Waals surface area contributed by atoms with E-state index in [1.54, 1.807) is 0 Å². The van der Waals surface area contributed by atoms with E-state index < -0.39 is 22.5 Å². The van der Waals surface area contributed by atoms with E-state index in [9.17, 15) is 13.2 Å². The van der Waals surface area contributed by atoms with Gasteiger partial charge in [0.05, 0.1) is 6.61 Å². The fraction of sp³-hybridized carbons (Fsp3) is 0.800. The van der Waals surface area contributed by atoms with Crippen LogP contribution in [0.25, 0.3) is 0 Å². The largest absolute Gasteiger partial charge is 0.443 e. The lowest BCUT2D eigenvalue weighted by Gasteiger charge is -2.11. The molecule has 0 aliphatic heterocycles. The van der Waals surface area contributed by atoms with Crippen molar-refractivity contribution in [3.05, 3.63) is 0 Å². The highest BCUT2D eigenvalue weighted by atomic mass is 32.2. The maximum atomic E-state index is 10.6. The SMILES string of the molecule is COCC(C)OC(=O)NS(=O)(=O)O. The second-order valence-electron chi connectivity index (χ2n) is 2.25. The highest BCUT2D eigenvalue weighted by Gasteiger charge is 2.14. The van der Waals surface area contributed by atoms with Crippen LogP contribution in [0.4, 0.5) is 4.79 Å². The second-order valence-corrected chi connectivity index (χ2v) is 3.40. The molecule has 2 N–H and O–H groups in total. The summed E-state index contributed by atoms with van der Waals surface area (Å²) >= 11 is 0. The second kappa shape index (κ2) is 5.00. The Hall–Kier alpha value is -0.860. The summed E-state index contributed by atoms with van der Waals surface area (Å²) in [5.41, 5.74) is 0. The van der Waals surface area contributed by atoms with Crippen molar-refractivity contribution in [3.63, 3.8) is 0 Å². The molecule has 1 atom stereocenters. The summed E-state index contributed by atoms with van der Waals surface area (Å²) in [7, 11) is -3.15. The lowest BCUT2D eigenvalue weighted by atomic mass is 10.4. The standard InChI is InChI=1S/C5H11NO6S/c1-4(3-11-2)12-5(7)6-13(8,9)10/h4H,3H2,1-2H3,(H,6,7)(H,8,9,10). The Labute approximate surface area is 75.9 Å². The molecule has 0 spiro atoms. The van der Waals surface area contributed by atoms with Gasteiger partial charge in [0, 0.05) is 7.11 Å². The maximum Gasteiger partial charge on any atom is 0.423 e. The van der Waals surface area contributed by atoms with E-state index in [1.807, 2.05) is 0 Å². The van der Waals surface area contributed by atoms with Gasteiger partial charge in [0.1, 0.15) is 6.10 Å². The minimum Gasteiger partial charge on any atom is -0.443 e. The third-order valence-corrected chi connectivity index (χ3v) is 1.35. The van der Waals surface area contributed by atoms with Crippen molar-refractivity contribution in [1.82, 2.24) is 4.72 Å². The van der Waals surface area contributed by atoms with Gasteiger partial charge in [0.25, 0.3) is 0 Å². The molecule has 0 aliphatic carbocycles. The molecule has 1 unspecified atom stereocenters. The van der Waals surface area contributed by atoms with Gasteiger partial charge in [0.2, 0.25) is 0 Å². The Bertz CT molecular complexity index is 260. The topological polar surface area (TPSA) is 102 Å². The predicted octanol–water partition coefficient (Wildman–Crippen LogP) is -0.450. The normalized spacial score (nSPS) is 13.5. The van der Waals surface area contributed by atoms with Gasteiger partial charge >= 0.3 is 16.4 Å². The van der Waals surface area contributed by atoms with E-state index in [4.69, 9.17) is 4.55 Å². The van der Waals surface area contributed by atoms with Crippen molar-refractivity contribution >= 4 is 16.4 Å². The summed E-state index contributed by atoms with van der Waals surface area (Å²) < 4.78 is 38.6. The molecule has 13 heavy (non-hydrogen) atoms. The van der Waals surface area contributed by atoms with Crippen molar-refractivity contribution in [1.29, 1.82) is 0 Å². The van der Waals surface area contributed by atoms with Crippen LogP contribution < -0.4 is 4.72 Å². The summed E-state index contributed by atoms with van der Waals surface area (Å²) in [5, 5.41) is 0. The molecule has 0 aromatic heterocycles. The number of amides is 1. The number of hydrogen-bond donors (Lipinski definition) is 2. The Morgan fingerprint density at radius 3 is 2.54 bits per heavy atom. The van der Waals surface area contributed by atoms with Gasteiger partial charge in [0.15, 0.2) is 0 Å². The van der Waals surface area contributed by atoms with Crippen molar-refractivity contribution in [2.45, 2.75) is 13.0 Å². The van der Waals surface area contributed by atoms with Crippen LogP contribution >= 0.6 is 0 Å². The highest BCUT2D eigenvalue weighted by Crippen LogP contribution is 1.92. The van der Waals surface area contributed by atoms with Gasteiger partial charge in [-0.15, -0.1) is 0 Å². The number of carbonyl (C=O) groups excluding carboxylic acids is 1. The highest BCUT2D eigenvalue weighted by molar-refractivity contribution is 7.84. The molecule has 0 rings (SSSR count). The van der Waals surface area contributed by atoms with Crippen LogP contribution in [-0.2, 0) is 19.8 Å². The smallest absolute Gasteiger partial charge is 0.423 e. The fourth-order valence-electron chi connectivity index (χ4n) is 0.581. The van der Waals surface area contributed by atoms with E-state index in [0.29, 0.717) is 0 Å². The number of rotatable bonds is 4.